The highest BCUT2D eigenvalue weighted by Gasteiger charge is 2.16. The van der Waals surface area contributed by atoms with Crippen LogP contribution in [0.15, 0.2) is 34.8 Å². The van der Waals surface area contributed by atoms with E-state index in [1.54, 1.807) is 6.92 Å². The largest absolute Gasteiger partial charge is 0.357 e. The van der Waals surface area contributed by atoms with E-state index in [4.69, 9.17) is 0 Å². The van der Waals surface area contributed by atoms with E-state index < -0.39 is 0 Å². The van der Waals surface area contributed by atoms with Crippen molar-refractivity contribution in [3.05, 3.63) is 46.1 Å². The first-order valence-electron chi connectivity index (χ1n) is 5.05. The lowest BCUT2D eigenvalue weighted by Crippen LogP contribution is -1.92. The van der Waals surface area contributed by atoms with Crippen LogP contribution in [0.4, 0.5) is 0 Å². The van der Waals surface area contributed by atoms with Gasteiger partial charge in [-0.15, -0.1) is 0 Å². The number of carbonyl (C=O) groups excluding carboxylic acids is 1. The number of hydrogen-bond acceptors (Lipinski definition) is 1. The SMILES string of the molecule is CC(=O)c1c(C)[nH]c(-c2ccccc2)c1Br. The van der Waals surface area contributed by atoms with Crippen LogP contribution in [0.5, 0.6) is 0 Å². The summed E-state index contributed by atoms with van der Waals surface area (Å²) in [6, 6.07) is 9.95. The average molecular weight is 278 g/mol. The summed E-state index contributed by atoms with van der Waals surface area (Å²) in [7, 11) is 0. The zero-order valence-electron chi connectivity index (χ0n) is 9.17. The molecular weight excluding hydrogens is 266 g/mol. The zero-order chi connectivity index (χ0) is 11.7. The Hall–Kier alpha value is -1.35. The molecule has 0 radical (unpaired) electrons. The number of aromatic amines is 1. The van der Waals surface area contributed by atoms with Gasteiger partial charge in [0.2, 0.25) is 0 Å². The van der Waals surface area contributed by atoms with E-state index in [9.17, 15) is 4.79 Å². The van der Waals surface area contributed by atoms with Crippen molar-refractivity contribution in [2.45, 2.75) is 13.8 Å². The number of aromatic nitrogens is 1. The fraction of sp³-hybridized carbons (Fsp3) is 0.154. The predicted molar refractivity (Wildman–Crippen MR) is 68.7 cm³/mol. The molecule has 0 aliphatic rings. The Morgan fingerprint density at radius 2 is 1.88 bits per heavy atom. The third-order valence-corrected chi connectivity index (χ3v) is 3.33. The molecule has 0 aliphatic heterocycles. The number of halogens is 1. The summed E-state index contributed by atoms with van der Waals surface area (Å²) in [4.78, 5) is 14.7. The minimum Gasteiger partial charge on any atom is -0.357 e. The minimum absolute atomic E-state index is 0.0720. The van der Waals surface area contributed by atoms with Gasteiger partial charge in [-0.25, -0.2) is 0 Å². The van der Waals surface area contributed by atoms with E-state index in [1.807, 2.05) is 37.3 Å². The van der Waals surface area contributed by atoms with Crippen LogP contribution in [0.1, 0.15) is 23.0 Å². The molecule has 1 heterocycles. The van der Waals surface area contributed by atoms with E-state index in [-0.39, 0.29) is 5.78 Å². The number of carbonyl (C=O) groups is 1. The Morgan fingerprint density at radius 1 is 1.25 bits per heavy atom. The van der Waals surface area contributed by atoms with Gasteiger partial charge in [-0.1, -0.05) is 30.3 Å². The van der Waals surface area contributed by atoms with Crippen molar-refractivity contribution in [3.8, 4) is 11.3 Å². The number of ketones is 1. The van der Waals surface area contributed by atoms with Crippen LogP contribution in [0, 0.1) is 6.92 Å². The first-order chi connectivity index (χ1) is 7.61. The molecule has 3 heteroatoms. The van der Waals surface area contributed by atoms with Gasteiger partial charge in [-0.2, -0.15) is 0 Å². The number of rotatable bonds is 2. The lowest BCUT2D eigenvalue weighted by Gasteiger charge is -1.98. The van der Waals surface area contributed by atoms with Crippen molar-refractivity contribution < 1.29 is 4.79 Å². The molecule has 2 nitrogen and oxygen atoms in total. The van der Waals surface area contributed by atoms with Gasteiger partial charge in [0.05, 0.1) is 15.7 Å². The van der Waals surface area contributed by atoms with Crippen LogP contribution in [0.3, 0.4) is 0 Å². The molecule has 1 aromatic heterocycles. The minimum atomic E-state index is 0.0720. The number of nitrogens with one attached hydrogen (secondary N) is 1. The average Bonchev–Trinajstić information content (AvgIpc) is 2.55. The van der Waals surface area contributed by atoms with Gasteiger partial charge in [0.15, 0.2) is 5.78 Å². The van der Waals surface area contributed by atoms with Crippen LogP contribution in [0.2, 0.25) is 0 Å². The Labute approximate surface area is 103 Å². The number of benzene rings is 1. The maximum Gasteiger partial charge on any atom is 0.162 e. The number of hydrogen-bond donors (Lipinski definition) is 1. The first-order valence-corrected chi connectivity index (χ1v) is 5.85. The zero-order valence-corrected chi connectivity index (χ0v) is 10.8. The lowest BCUT2D eigenvalue weighted by molar-refractivity contribution is 0.101. The molecule has 0 aliphatic carbocycles. The Balaban J connectivity index is 2.61. The van der Waals surface area contributed by atoms with Crippen LogP contribution >= 0.6 is 15.9 Å². The van der Waals surface area contributed by atoms with Crippen molar-refractivity contribution >= 4 is 21.7 Å². The van der Waals surface area contributed by atoms with Gasteiger partial charge in [-0.05, 0) is 35.3 Å². The molecule has 0 saturated heterocycles. The Kier molecular flexibility index (Phi) is 2.97. The fourth-order valence-electron chi connectivity index (χ4n) is 1.82. The van der Waals surface area contributed by atoms with Crippen molar-refractivity contribution in [1.82, 2.24) is 4.98 Å². The summed E-state index contributed by atoms with van der Waals surface area (Å²) in [5.41, 5.74) is 3.67. The monoisotopic (exact) mass is 277 g/mol. The highest BCUT2D eigenvalue weighted by atomic mass is 79.9. The molecule has 0 spiro atoms. The van der Waals surface area contributed by atoms with Crippen molar-refractivity contribution in [2.75, 3.05) is 0 Å². The van der Waals surface area contributed by atoms with E-state index >= 15 is 0 Å². The molecule has 0 atom stereocenters. The van der Waals surface area contributed by atoms with Gasteiger partial charge in [-0.3, -0.25) is 4.79 Å². The molecule has 82 valence electrons. The second-order valence-electron chi connectivity index (χ2n) is 3.74. The summed E-state index contributed by atoms with van der Waals surface area (Å²) in [6.45, 7) is 3.49. The fourth-order valence-corrected chi connectivity index (χ4v) is 2.72. The molecule has 0 saturated carbocycles. The first kappa shape index (κ1) is 11.1. The van der Waals surface area contributed by atoms with Crippen molar-refractivity contribution in [2.24, 2.45) is 0 Å². The second kappa shape index (κ2) is 4.26. The summed E-state index contributed by atoms with van der Waals surface area (Å²) in [6.07, 6.45) is 0. The van der Waals surface area contributed by atoms with Crippen molar-refractivity contribution in [1.29, 1.82) is 0 Å². The Morgan fingerprint density at radius 3 is 2.38 bits per heavy atom. The molecule has 0 unspecified atom stereocenters. The van der Waals surface area contributed by atoms with Crippen LogP contribution in [-0.2, 0) is 0 Å². The van der Waals surface area contributed by atoms with Gasteiger partial charge in [0.25, 0.3) is 0 Å². The van der Waals surface area contributed by atoms with E-state index in [0.717, 1.165) is 27.0 Å². The summed E-state index contributed by atoms with van der Waals surface area (Å²) in [5.74, 6) is 0.0720. The highest BCUT2D eigenvalue weighted by Crippen LogP contribution is 2.32. The number of H-pyrrole nitrogens is 1. The van der Waals surface area contributed by atoms with Gasteiger partial charge >= 0.3 is 0 Å². The molecule has 1 N–H and O–H groups in total. The van der Waals surface area contributed by atoms with E-state index in [2.05, 4.69) is 20.9 Å². The molecule has 0 amide bonds. The normalized spacial score (nSPS) is 10.4. The molecule has 1 aromatic carbocycles. The smallest absolute Gasteiger partial charge is 0.162 e. The quantitative estimate of drug-likeness (QED) is 0.829. The molecule has 0 fully saturated rings. The van der Waals surface area contributed by atoms with Crippen LogP contribution < -0.4 is 0 Å². The second-order valence-corrected chi connectivity index (χ2v) is 4.53. The molecule has 2 rings (SSSR count). The number of Topliss-reactive ketones (excluding diaryl/α,β-unsaturated/α-hetero) is 1. The van der Waals surface area contributed by atoms with Gasteiger partial charge in [0.1, 0.15) is 0 Å². The maximum absolute atomic E-state index is 11.5. The van der Waals surface area contributed by atoms with Crippen LogP contribution in [-0.4, -0.2) is 10.8 Å². The molecular formula is C13H12BrNO. The molecule has 16 heavy (non-hydrogen) atoms. The summed E-state index contributed by atoms with van der Waals surface area (Å²) in [5, 5.41) is 0. The predicted octanol–water partition coefficient (Wildman–Crippen LogP) is 3.96. The van der Waals surface area contributed by atoms with Gasteiger partial charge < -0.3 is 4.98 Å². The highest BCUT2D eigenvalue weighted by molar-refractivity contribution is 9.10. The van der Waals surface area contributed by atoms with Crippen molar-refractivity contribution in [3.63, 3.8) is 0 Å². The molecule has 2 aromatic rings. The maximum atomic E-state index is 11.5. The van der Waals surface area contributed by atoms with Gasteiger partial charge in [0, 0.05) is 5.69 Å². The molecule has 0 bridgehead atoms. The summed E-state index contributed by atoms with van der Waals surface area (Å²) < 4.78 is 0.851. The van der Waals surface area contributed by atoms with Crippen LogP contribution in [0.25, 0.3) is 11.3 Å². The van der Waals surface area contributed by atoms with E-state index in [1.165, 1.54) is 0 Å². The lowest BCUT2D eigenvalue weighted by atomic mass is 10.1. The summed E-state index contributed by atoms with van der Waals surface area (Å²) >= 11 is 3.49. The number of aryl methyl sites for hydroxylation is 1. The van der Waals surface area contributed by atoms with E-state index in [0.29, 0.717) is 0 Å². The standard InChI is InChI=1S/C13H12BrNO/c1-8-11(9(2)16)12(14)13(15-8)10-6-4-3-5-7-10/h3-7,15H,1-2H3. The Bertz CT molecular complexity index is 528. The third kappa shape index (κ3) is 1.83. The third-order valence-electron chi connectivity index (χ3n) is 2.54. The topological polar surface area (TPSA) is 32.9 Å².